The van der Waals surface area contributed by atoms with Crippen molar-refractivity contribution in [3.8, 4) is 6.07 Å². The summed E-state index contributed by atoms with van der Waals surface area (Å²) >= 11 is 0. The monoisotopic (exact) mass is 263 g/mol. The molecular weight excluding hydrogens is 246 g/mol. The summed E-state index contributed by atoms with van der Waals surface area (Å²) in [5, 5.41) is 8.64. The highest BCUT2D eigenvalue weighted by atomic mass is 16.7. The average molecular weight is 263 g/mol. The average Bonchev–Trinajstić information content (AvgIpc) is 2.43. The normalized spacial score (nSPS) is 10.2. The van der Waals surface area contributed by atoms with Gasteiger partial charge in [-0.05, 0) is 11.6 Å². The summed E-state index contributed by atoms with van der Waals surface area (Å²) in [6, 6.07) is 5.89. The van der Waals surface area contributed by atoms with E-state index in [1.54, 1.807) is 12.4 Å². The molecule has 0 saturated carbocycles. The summed E-state index contributed by atoms with van der Waals surface area (Å²) in [4.78, 5) is 21.7. The molecule has 0 bridgehead atoms. The maximum atomic E-state index is 11.2. The van der Waals surface area contributed by atoms with Crippen LogP contribution in [0, 0.1) is 11.3 Å². The summed E-state index contributed by atoms with van der Waals surface area (Å²) in [6.45, 7) is 1.73. The zero-order chi connectivity index (χ0) is 13.9. The van der Waals surface area contributed by atoms with Crippen LogP contribution in [0.5, 0.6) is 0 Å². The lowest BCUT2D eigenvalue weighted by Crippen LogP contribution is -2.31. The van der Waals surface area contributed by atoms with Crippen molar-refractivity contribution in [1.82, 2.24) is 15.5 Å². The van der Waals surface area contributed by atoms with Crippen LogP contribution in [0.4, 0.5) is 0 Å². The summed E-state index contributed by atoms with van der Waals surface area (Å²) in [7, 11) is 0. The first-order valence-corrected chi connectivity index (χ1v) is 5.89. The molecule has 1 aromatic heterocycles. The molecule has 0 saturated heterocycles. The minimum Gasteiger partial charge on any atom is -0.356 e. The number of hydrogen-bond donors (Lipinski definition) is 2. The maximum Gasteiger partial charge on any atom is 0.327 e. The molecule has 0 amide bonds. The number of aromatic nitrogens is 1. The number of nitriles is 1. The van der Waals surface area contributed by atoms with Gasteiger partial charge in [0.1, 0.15) is 0 Å². The van der Waals surface area contributed by atoms with Gasteiger partial charge in [-0.1, -0.05) is 11.7 Å². The lowest BCUT2D eigenvalue weighted by atomic mass is 10.2. The molecule has 0 spiro atoms. The van der Waals surface area contributed by atoms with E-state index in [0.717, 1.165) is 5.56 Å². The second-order valence-corrected chi connectivity index (χ2v) is 3.89. The number of hydrogen-bond acceptors (Lipinski definition) is 7. The van der Waals surface area contributed by atoms with Crippen molar-refractivity contribution in [3.63, 3.8) is 0 Å². The van der Waals surface area contributed by atoms with E-state index in [0.29, 0.717) is 26.1 Å². The minimum absolute atomic E-state index is 0.204. The topological polar surface area (TPSA) is 104 Å². The van der Waals surface area contributed by atoms with Gasteiger partial charge in [0.05, 0.1) is 12.5 Å². The number of nitrogens with one attached hydrogen (secondary N) is 1. The molecule has 3 N–H and O–H groups in total. The molecule has 0 aromatic carbocycles. The van der Waals surface area contributed by atoms with E-state index in [-0.39, 0.29) is 6.42 Å². The Labute approximate surface area is 111 Å². The molecule has 7 heteroatoms. The van der Waals surface area contributed by atoms with Crippen molar-refractivity contribution in [2.45, 2.75) is 19.4 Å². The molecule has 0 fully saturated rings. The van der Waals surface area contributed by atoms with Crippen molar-refractivity contribution in [2.24, 2.45) is 5.84 Å². The number of carbonyl (C=O) groups excluding carboxylic acids is 1. The third kappa shape index (κ3) is 6.47. The molecule has 0 radical (unpaired) electrons. The lowest BCUT2D eigenvalue weighted by Gasteiger charge is -2.20. The van der Waals surface area contributed by atoms with E-state index >= 15 is 0 Å². The second kappa shape index (κ2) is 8.99. The maximum absolute atomic E-state index is 11.2. The van der Waals surface area contributed by atoms with E-state index in [1.165, 1.54) is 0 Å². The van der Waals surface area contributed by atoms with E-state index in [1.807, 2.05) is 22.6 Å². The first-order chi connectivity index (χ1) is 9.26. The zero-order valence-electron chi connectivity index (χ0n) is 10.6. The molecule has 1 rings (SSSR count). The van der Waals surface area contributed by atoms with E-state index in [2.05, 4.69) is 15.9 Å². The molecule has 0 atom stereocenters. The van der Waals surface area contributed by atoms with Crippen LogP contribution in [0.1, 0.15) is 18.4 Å². The van der Waals surface area contributed by atoms with Gasteiger partial charge in [-0.3, -0.25) is 14.7 Å². The number of carbonyl (C=O) groups is 1. The van der Waals surface area contributed by atoms with Crippen LogP contribution in [-0.4, -0.2) is 28.9 Å². The molecule has 0 aliphatic heterocycles. The van der Waals surface area contributed by atoms with Gasteiger partial charge in [0, 0.05) is 38.4 Å². The van der Waals surface area contributed by atoms with Gasteiger partial charge in [-0.2, -0.15) is 5.26 Å². The Morgan fingerprint density at radius 1 is 1.58 bits per heavy atom. The van der Waals surface area contributed by atoms with Gasteiger partial charge in [0.25, 0.3) is 0 Å². The van der Waals surface area contributed by atoms with Crippen molar-refractivity contribution < 1.29 is 9.63 Å². The fourth-order valence-electron chi connectivity index (χ4n) is 1.59. The van der Waals surface area contributed by atoms with Gasteiger partial charge in [-0.15, -0.1) is 0 Å². The highest BCUT2D eigenvalue weighted by Gasteiger charge is 2.10. The summed E-state index contributed by atoms with van der Waals surface area (Å²) in [6.07, 6.45) is 4.08. The van der Waals surface area contributed by atoms with Gasteiger partial charge in [0.15, 0.2) is 0 Å². The first kappa shape index (κ1) is 15.0. The smallest absolute Gasteiger partial charge is 0.327 e. The Morgan fingerprint density at radius 2 is 2.42 bits per heavy atom. The minimum atomic E-state index is -0.435. The van der Waals surface area contributed by atoms with Gasteiger partial charge in [-0.25, -0.2) is 5.84 Å². The molecule has 1 aromatic rings. The van der Waals surface area contributed by atoms with Crippen molar-refractivity contribution in [3.05, 3.63) is 30.1 Å². The number of hydrazine groups is 1. The fraction of sp³-hybridized carbons (Fsp3) is 0.417. The van der Waals surface area contributed by atoms with Gasteiger partial charge < -0.3 is 4.84 Å². The Bertz CT molecular complexity index is 418. The summed E-state index contributed by atoms with van der Waals surface area (Å²) in [5.41, 5.74) is 2.89. The predicted molar refractivity (Wildman–Crippen MR) is 67.8 cm³/mol. The number of nitrogens with two attached hydrogens (primary N) is 1. The third-order valence-corrected chi connectivity index (χ3v) is 2.47. The predicted octanol–water partition coefficient (Wildman–Crippen LogP) is 0.109. The third-order valence-electron chi connectivity index (χ3n) is 2.47. The molecule has 0 aliphatic carbocycles. The molecule has 0 aliphatic rings. The highest BCUT2D eigenvalue weighted by molar-refractivity contribution is 5.69. The molecule has 7 nitrogen and oxygen atoms in total. The fourth-order valence-corrected chi connectivity index (χ4v) is 1.59. The molecule has 1 heterocycles. The van der Waals surface area contributed by atoms with Crippen LogP contribution in [0.2, 0.25) is 0 Å². The Balaban J connectivity index is 2.47. The van der Waals surface area contributed by atoms with Crippen LogP contribution in [0.15, 0.2) is 24.5 Å². The van der Waals surface area contributed by atoms with Crippen LogP contribution in [-0.2, 0) is 16.2 Å². The number of pyridine rings is 1. The Morgan fingerprint density at radius 3 is 3.05 bits per heavy atom. The first-order valence-electron chi connectivity index (χ1n) is 5.89. The largest absolute Gasteiger partial charge is 0.356 e. The second-order valence-electron chi connectivity index (χ2n) is 3.89. The molecular formula is C12H17N5O2. The SMILES string of the molecule is N#CCCN(CCC(=O)ONN)Cc1cccnc1. The Hall–Kier alpha value is -2.01. The van der Waals surface area contributed by atoms with Crippen molar-refractivity contribution in [1.29, 1.82) is 5.26 Å². The van der Waals surface area contributed by atoms with Gasteiger partial charge >= 0.3 is 5.97 Å². The van der Waals surface area contributed by atoms with E-state index in [9.17, 15) is 4.79 Å². The molecule has 0 unspecified atom stereocenters. The number of nitrogens with zero attached hydrogens (tertiary/aromatic N) is 3. The number of rotatable bonds is 8. The molecule has 19 heavy (non-hydrogen) atoms. The standard InChI is InChI=1S/C12H17N5O2/c13-5-2-7-17(8-4-12(18)19-16-14)10-11-3-1-6-15-9-11/h1,3,6,9,16H,2,4,7-8,10,14H2. The van der Waals surface area contributed by atoms with Crippen LogP contribution in [0.3, 0.4) is 0 Å². The summed E-state index contributed by atoms with van der Waals surface area (Å²) in [5.74, 6) is 4.45. The lowest BCUT2D eigenvalue weighted by molar-refractivity contribution is -0.151. The van der Waals surface area contributed by atoms with Crippen LogP contribution in [0.25, 0.3) is 0 Å². The van der Waals surface area contributed by atoms with E-state index < -0.39 is 5.97 Å². The zero-order valence-corrected chi connectivity index (χ0v) is 10.6. The summed E-state index contributed by atoms with van der Waals surface area (Å²) < 4.78 is 0. The van der Waals surface area contributed by atoms with Crippen LogP contribution >= 0.6 is 0 Å². The Kier molecular flexibility index (Phi) is 7.12. The van der Waals surface area contributed by atoms with Gasteiger partial charge in [0.2, 0.25) is 0 Å². The molecule has 102 valence electrons. The van der Waals surface area contributed by atoms with Crippen LogP contribution < -0.4 is 11.4 Å². The van der Waals surface area contributed by atoms with E-state index in [4.69, 9.17) is 11.1 Å². The highest BCUT2D eigenvalue weighted by Crippen LogP contribution is 2.04. The quantitative estimate of drug-likeness (QED) is 0.506. The van der Waals surface area contributed by atoms with Crippen molar-refractivity contribution in [2.75, 3.05) is 13.1 Å². The van der Waals surface area contributed by atoms with Crippen molar-refractivity contribution >= 4 is 5.97 Å².